The van der Waals surface area contributed by atoms with Gasteiger partial charge in [0.1, 0.15) is 11.5 Å². The zero-order valence-corrected chi connectivity index (χ0v) is 30.0. The summed E-state index contributed by atoms with van der Waals surface area (Å²) in [7, 11) is 0. The highest BCUT2D eigenvalue weighted by Gasteiger charge is 2.52. The van der Waals surface area contributed by atoms with Crippen molar-refractivity contribution in [3.05, 3.63) is 210 Å². The Labute approximate surface area is 323 Å². The van der Waals surface area contributed by atoms with Gasteiger partial charge in [-0.25, -0.2) is 15.0 Å². The molecule has 260 valence electrons. The van der Waals surface area contributed by atoms with E-state index in [1.165, 1.54) is 0 Å². The second-order valence-electron chi connectivity index (χ2n) is 14.2. The van der Waals surface area contributed by atoms with Gasteiger partial charge in [0.25, 0.3) is 0 Å². The molecule has 0 atom stereocenters. The second-order valence-corrected chi connectivity index (χ2v) is 14.2. The van der Waals surface area contributed by atoms with Crippen LogP contribution < -0.4 is 4.74 Å². The Morgan fingerprint density at radius 2 is 0.946 bits per heavy atom. The average molecular weight is 715 g/mol. The maximum absolute atomic E-state index is 9.99. The summed E-state index contributed by atoms with van der Waals surface area (Å²) in [4.78, 5) is 15.8. The summed E-state index contributed by atoms with van der Waals surface area (Å²) in [5.41, 5.74) is 11.1. The molecule has 1 aliphatic heterocycles. The van der Waals surface area contributed by atoms with Crippen LogP contribution >= 0.6 is 0 Å². The first kappa shape index (κ1) is 31.8. The molecule has 0 fully saturated rings. The molecule has 56 heavy (non-hydrogen) atoms. The van der Waals surface area contributed by atoms with Crippen LogP contribution in [0.4, 0.5) is 0 Å². The van der Waals surface area contributed by atoms with Crippen molar-refractivity contribution in [1.82, 2.24) is 15.0 Å². The molecule has 2 aliphatic rings. The van der Waals surface area contributed by atoms with Crippen LogP contribution in [0.3, 0.4) is 0 Å². The molecular weight excluding hydrogens is 685 g/mol. The monoisotopic (exact) mass is 714 g/mol. The number of nitrogens with zero attached hydrogens (tertiary/aromatic N) is 4. The van der Waals surface area contributed by atoms with E-state index in [9.17, 15) is 5.26 Å². The summed E-state index contributed by atoms with van der Waals surface area (Å²) < 4.78 is 6.65. The largest absolute Gasteiger partial charge is 0.457 e. The zero-order chi connectivity index (χ0) is 37.2. The number of rotatable bonds is 4. The molecule has 9 aromatic rings. The smallest absolute Gasteiger partial charge is 0.164 e. The van der Waals surface area contributed by atoms with E-state index in [2.05, 4.69) is 127 Å². The summed E-state index contributed by atoms with van der Waals surface area (Å²) >= 11 is 0. The predicted octanol–water partition coefficient (Wildman–Crippen LogP) is 12.0. The highest BCUT2D eigenvalue weighted by molar-refractivity contribution is 6.02. The SMILES string of the molecule is N#Cc1cccc(-c2cccc3c2-c2c(-c4nc(-c5ccccc5)nc(-c5cccc6ccccc56)n4)cccc2C32c3ccccc3Oc3ccccc32)c1. The van der Waals surface area contributed by atoms with Crippen LogP contribution in [0.25, 0.3) is 67.2 Å². The third-order valence-electron chi connectivity index (χ3n) is 11.2. The molecule has 11 rings (SSSR count). The topological polar surface area (TPSA) is 71.7 Å². The molecular formula is C51H30N4O. The highest BCUT2D eigenvalue weighted by Crippen LogP contribution is 2.64. The zero-order valence-electron chi connectivity index (χ0n) is 30.0. The van der Waals surface area contributed by atoms with Crippen molar-refractivity contribution in [3.8, 4) is 74.0 Å². The van der Waals surface area contributed by atoms with Crippen molar-refractivity contribution in [2.24, 2.45) is 0 Å². The summed E-state index contributed by atoms with van der Waals surface area (Å²) in [5.74, 6) is 3.42. The molecule has 5 nitrogen and oxygen atoms in total. The molecule has 2 heterocycles. The number of hydrogen-bond acceptors (Lipinski definition) is 5. The van der Waals surface area contributed by atoms with Gasteiger partial charge in [-0.15, -0.1) is 0 Å². The molecule has 0 amide bonds. The highest BCUT2D eigenvalue weighted by atomic mass is 16.5. The van der Waals surface area contributed by atoms with Crippen molar-refractivity contribution in [1.29, 1.82) is 5.26 Å². The molecule has 0 unspecified atom stereocenters. The van der Waals surface area contributed by atoms with Crippen LogP contribution in [0.15, 0.2) is 182 Å². The van der Waals surface area contributed by atoms with Gasteiger partial charge in [-0.1, -0.05) is 158 Å². The first-order chi connectivity index (χ1) is 27.7. The van der Waals surface area contributed by atoms with E-state index in [4.69, 9.17) is 19.7 Å². The number of ether oxygens (including phenoxy) is 1. The Balaban J connectivity index is 1.27. The Morgan fingerprint density at radius 1 is 0.429 bits per heavy atom. The van der Waals surface area contributed by atoms with Crippen LogP contribution in [-0.2, 0) is 5.41 Å². The van der Waals surface area contributed by atoms with Crippen LogP contribution in [0.5, 0.6) is 11.5 Å². The van der Waals surface area contributed by atoms with Gasteiger partial charge in [0.05, 0.1) is 17.0 Å². The Kier molecular flexibility index (Phi) is 7.07. The molecule has 8 aromatic carbocycles. The van der Waals surface area contributed by atoms with Gasteiger partial charge in [0, 0.05) is 27.8 Å². The Morgan fingerprint density at radius 3 is 1.70 bits per heavy atom. The van der Waals surface area contributed by atoms with Crippen LogP contribution in [0.2, 0.25) is 0 Å². The Bertz CT molecular complexity index is 3040. The average Bonchev–Trinajstić information content (AvgIpc) is 3.57. The molecule has 1 aliphatic carbocycles. The molecule has 0 saturated heterocycles. The van der Waals surface area contributed by atoms with Gasteiger partial charge < -0.3 is 4.74 Å². The van der Waals surface area contributed by atoms with E-state index < -0.39 is 5.41 Å². The molecule has 0 radical (unpaired) electrons. The lowest BCUT2D eigenvalue weighted by Crippen LogP contribution is -2.32. The van der Waals surface area contributed by atoms with Crippen molar-refractivity contribution in [3.63, 3.8) is 0 Å². The van der Waals surface area contributed by atoms with Gasteiger partial charge in [0.15, 0.2) is 17.5 Å². The van der Waals surface area contributed by atoms with Crippen LogP contribution in [0, 0.1) is 11.3 Å². The van der Waals surface area contributed by atoms with E-state index in [0.717, 1.165) is 83.5 Å². The summed E-state index contributed by atoms with van der Waals surface area (Å²) in [6.07, 6.45) is 0. The van der Waals surface area contributed by atoms with Gasteiger partial charge >= 0.3 is 0 Å². The normalized spacial score (nSPS) is 12.9. The maximum atomic E-state index is 9.99. The molecule has 0 saturated carbocycles. The number of para-hydroxylation sites is 2. The molecule has 0 bridgehead atoms. The number of nitriles is 1. The minimum absolute atomic E-state index is 0.579. The minimum Gasteiger partial charge on any atom is -0.457 e. The van der Waals surface area contributed by atoms with Crippen molar-refractivity contribution < 1.29 is 4.74 Å². The van der Waals surface area contributed by atoms with Gasteiger partial charge in [0.2, 0.25) is 0 Å². The second kappa shape index (κ2) is 12.4. The van der Waals surface area contributed by atoms with E-state index in [-0.39, 0.29) is 0 Å². The third kappa shape index (κ3) is 4.63. The fourth-order valence-electron chi connectivity index (χ4n) is 8.92. The van der Waals surface area contributed by atoms with Crippen molar-refractivity contribution in [2.75, 3.05) is 0 Å². The summed E-state index contributed by atoms with van der Waals surface area (Å²) in [5, 5.41) is 12.2. The third-order valence-corrected chi connectivity index (χ3v) is 11.2. The van der Waals surface area contributed by atoms with E-state index in [0.29, 0.717) is 23.0 Å². The number of hydrogen-bond donors (Lipinski definition) is 0. The first-order valence-electron chi connectivity index (χ1n) is 18.7. The lowest BCUT2D eigenvalue weighted by Gasteiger charge is -2.39. The van der Waals surface area contributed by atoms with Gasteiger partial charge in [-0.05, 0) is 68.4 Å². The molecule has 5 heteroatoms. The Hall–Kier alpha value is -7.68. The standard InChI is InChI=1S/C51H30N4O/c52-31-32-14-10-19-35(30-32)37-21-12-26-42-46(37)47-39(23-13-27-43(47)51(42)40-24-6-8-28-44(40)56-45-29-9-7-25-41(45)51)50-54-48(34-16-2-1-3-17-34)53-49(55-50)38-22-11-18-33-15-4-5-20-36(33)38/h1-30H. The molecule has 0 N–H and O–H groups in total. The lowest BCUT2D eigenvalue weighted by atomic mass is 9.66. The minimum atomic E-state index is -0.720. The molecule has 1 spiro atoms. The van der Waals surface area contributed by atoms with Crippen LogP contribution in [0.1, 0.15) is 27.8 Å². The quantitative estimate of drug-likeness (QED) is 0.181. The summed E-state index contributed by atoms with van der Waals surface area (Å²) in [6, 6.07) is 64.8. The van der Waals surface area contributed by atoms with Crippen LogP contribution in [-0.4, -0.2) is 15.0 Å². The van der Waals surface area contributed by atoms with E-state index in [1.54, 1.807) is 0 Å². The van der Waals surface area contributed by atoms with E-state index in [1.807, 2.05) is 60.7 Å². The summed E-state index contributed by atoms with van der Waals surface area (Å²) in [6.45, 7) is 0. The number of fused-ring (bicyclic) bond motifs is 10. The first-order valence-corrected chi connectivity index (χ1v) is 18.7. The van der Waals surface area contributed by atoms with Crippen molar-refractivity contribution >= 4 is 10.8 Å². The predicted molar refractivity (Wildman–Crippen MR) is 221 cm³/mol. The van der Waals surface area contributed by atoms with E-state index >= 15 is 0 Å². The molecule has 1 aromatic heterocycles. The number of aromatic nitrogens is 3. The number of benzene rings is 8. The fraction of sp³-hybridized carbons (Fsp3) is 0.0196. The van der Waals surface area contributed by atoms with Gasteiger partial charge in [-0.3, -0.25) is 0 Å². The van der Waals surface area contributed by atoms with Gasteiger partial charge in [-0.2, -0.15) is 5.26 Å². The lowest BCUT2D eigenvalue weighted by molar-refractivity contribution is 0.436. The maximum Gasteiger partial charge on any atom is 0.164 e. The van der Waals surface area contributed by atoms with Crippen molar-refractivity contribution in [2.45, 2.75) is 5.41 Å². The fourth-order valence-corrected chi connectivity index (χ4v) is 8.92.